The zero-order valence-electron chi connectivity index (χ0n) is 5.80. The quantitative estimate of drug-likeness (QED) is 0.466. The lowest BCUT2D eigenvalue weighted by molar-refractivity contribution is 0.223. The summed E-state index contributed by atoms with van der Waals surface area (Å²) in [5.74, 6) is 0. The highest BCUT2D eigenvalue weighted by molar-refractivity contribution is 4.61. The number of hydrogen-bond acceptors (Lipinski definition) is 3. The fourth-order valence-electron chi connectivity index (χ4n) is 0.607. The van der Waals surface area contributed by atoms with Crippen LogP contribution in [0.25, 0.3) is 0 Å². The Morgan fingerprint density at radius 3 is 2.44 bits per heavy atom. The van der Waals surface area contributed by atoms with Crippen molar-refractivity contribution >= 4 is 0 Å². The van der Waals surface area contributed by atoms with Gasteiger partial charge in [-0.15, -0.1) is 0 Å². The van der Waals surface area contributed by atoms with Crippen molar-refractivity contribution in [2.45, 2.75) is 19.4 Å². The van der Waals surface area contributed by atoms with Gasteiger partial charge in [-0.3, -0.25) is 0 Å². The molecule has 0 unspecified atom stereocenters. The lowest BCUT2D eigenvalue weighted by Crippen LogP contribution is -2.33. The third-order valence-electron chi connectivity index (χ3n) is 1.26. The first kappa shape index (κ1) is 8.88. The minimum absolute atomic E-state index is 0.135. The van der Waals surface area contributed by atoms with Crippen molar-refractivity contribution in [1.29, 1.82) is 0 Å². The molecule has 0 radical (unpaired) electrons. The zero-order chi connectivity index (χ0) is 7.11. The highest BCUT2D eigenvalue weighted by Gasteiger charge is 1.99. The fourth-order valence-corrected chi connectivity index (χ4v) is 0.607. The van der Waals surface area contributed by atoms with Crippen LogP contribution in [0.5, 0.6) is 0 Å². The monoisotopic (exact) mass is 133 g/mol. The number of aliphatic hydroxyl groups excluding tert-OH is 2. The van der Waals surface area contributed by atoms with Crippen molar-refractivity contribution < 1.29 is 10.2 Å². The Labute approximate surface area is 55.7 Å². The van der Waals surface area contributed by atoms with Crippen LogP contribution < -0.4 is 5.32 Å². The molecule has 1 atom stereocenters. The molecule has 3 N–H and O–H groups in total. The van der Waals surface area contributed by atoms with Gasteiger partial charge in [0, 0.05) is 12.6 Å². The average molecular weight is 133 g/mol. The Balaban J connectivity index is 3.09. The molecule has 0 spiro atoms. The Kier molecular flexibility index (Phi) is 5.93. The minimum Gasteiger partial charge on any atom is -0.395 e. The Morgan fingerprint density at radius 2 is 2.11 bits per heavy atom. The molecular formula is C6H15NO2. The molecule has 3 nitrogen and oxygen atoms in total. The van der Waals surface area contributed by atoms with Gasteiger partial charge in [-0.05, 0) is 6.42 Å². The van der Waals surface area contributed by atoms with Gasteiger partial charge < -0.3 is 15.5 Å². The number of nitrogens with one attached hydrogen (secondary N) is 1. The number of hydrogen-bond donors (Lipinski definition) is 3. The van der Waals surface area contributed by atoms with Crippen LogP contribution in [0, 0.1) is 0 Å². The van der Waals surface area contributed by atoms with Crippen LogP contribution in [0.1, 0.15) is 13.3 Å². The topological polar surface area (TPSA) is 52.5 Å². The van der Waals surface area contributed by atoms with Crippen molar-refractivity contribution in [2.75, 3.05) is 19.8 Å². The molecule has 0 bridgehead atoms. The molecule has 0 aliphatic carbocycles. The highest BCUT2D eigenvalue weighted by atomic mass is 16.3. The maximum Gasteiger partial charge on any atom is 0.0584 e. The summed E-state index contributed by atoms with van der Waals surface area (Å²) in [6.45, 7) is 2.84. The summed E-state index contributed by atoms with van der Waals surface area (Å²) in [5.41, 5.74) is 0. The van der Waals surface area contributed by atoms with E-state index < -0.39 is 0 Å². The third kappa shape index (κ3) is 4.39. The standard InChI is InChI=1S/C6H15NO2/c1-2-6(5-9)7-3-4-8/h6-9H,2-5H2,1H3/t6-/m1/s1. The van der Waals surface area contributed by atoms with Crippen LogP contribution in [0.2, 0.25) is 0 Å². The molecule has 0 aliphatic rings. The van der Waals surface area contributed by atoms with E-state index >= 15 is 0 Å². The molecule has 0 aromatic rings. The largest absolute Gasteiger partial charge is 0.395 e. The normalized spacial score (nSPS) is 13.7. The number of aliphatic hydroxyl groups is 2. The molecule has 0 aliphatic heterocycles. The van der Waals surface area contributed by atoms with E-state index in [4.69, 9.17) is 10.2 Å². The summed E-state index contributed by atoms with van der Waals surface area (Å²) >= 11 is 0. The maximum atomic E-state index is 8.61. The molecule has 0 saturated heterocycles. The summed E-state index contributed by atoms with van der Waals surface area (Å²) in [7, 11) is 0. The first-order valence-corrected chi connectivity index (χ1v) is 3.30. The van der Waals surface area contributed by atoms with E-state index in [0.717, 1.165) is 6.42 Å². The highest BCUT2D eigenvalue weighted by Crippen LogP contribution is 1.86. The summed E-state index contributed by atoms with van der Waals surface area (Å²) in [6, 6.07) is 0.150. The maximum absolute atomic E-state index is 8.61. The van der Waals surface area contributed by atoms with Crippen molar-refractivity contribution in [3.8, 4) is 0 Å². The van der Waals surface area contributed by atoms with Gasteiger partial charge in [0.05, 0.1) is 13.2 Å². The van der Waals surface area contributed by atoms with E-state index in [9.17, 15) is 0 Å². The van der Waals surface area contributed by atoms with E-state index in [1.165, 1.54) is 0 Å². The van der Waals surface area contributed by atoms with Gasteiger partial charge in [-0.1, -0.05) is 6.92 Å². The molecule has 0 fully saturated rings. The smallest absolute Gasteiger partial charge is 0.0584 e. The summed E-state index contributed by atoms with van der Waals surface area (Å²) in [4.78, 5) is 0. The summed E-state index contributed by atoms with van der Waals surface area (Å²) < 4.78 is 0. The van der Waals surface area contributed by atoms with Crippen LogP contribution in [-0.4, -0.2) is 36.0 Å². The first-order chi connectivity index (χ1) is 4.35. The lowest BCUT2D eigenvalue weighted by Gasteiger charge is -2.11. The van der Waals surface area contributed by atoms with E-state index in [0.29, 0.717) is 6.54 Å². The molecule has 0 aromatic heterocycles. The molecule has 0 rings (SSSR count). The molecule has 3 heteroatoms. The van der Waals surface area contributed by atoms with Gasteiger partial charge in [-0.25, -0.2) is 0 Å². The van der Waals surface area contributed by atoms with Crippen LogP contribution >= 0.6 is 0 Å². The first-order valence-electron chi connectivity index (χ1n) is 3.30. The zero-order valence-corrected chi connectivity index (χ0v) is 5.80. The van der Waals surface area contributed by atoms with Crippen molar-refractivity contribution in [3.05, 3.63) is 0 Å². The molecule has 0 aromatic carbocycles. The second-order valence-electron chi connectivity index (χ2n) is 1.97. The van der Waals surface area contributed by atoms with Gasteiger partial charge in [0.2, 0.25) is 0 Å². The van der Waals surface area contributed by atoms with E-state index in [2.05, 4.69) is 5.32 Å². The molecule has 0 saturated carbocycles. The lowest BCUT2D eigenvalue weighted by atomic mass is 10.2. The third-order valence-corrected chi connectivity index (χ3v) is 1.26. The van der Waals surface area contributed by atoms with Crippen LogP contribution in [0.15, 0.2) is 0 Å². The molecule has 9 heavy (non-hydrogen) atoms. The average Bonchev–Trinajstić information content (AvgIpc) is 1.91. The second kappa shape index (κ2) is 6.01. The van der Waals surface area contributed by atoms with Crippen molar-refractivity contribution in [3.63, 3.8) is 0 Å². The summed E-state index contributed by atoms with van der Waals surface area (Å²) in [5, 5.41) is 19.9. The van der Waals surface area contributed by atoms with Gasteiger partial charge in [0.15, 0.2) is 0 Å². The van der Waals surface area contributed by atoms with Crippen LogP contribution in [0.3, 0.4) is 0 Å². The molecule has 56 valence electrons. The van der Waals surface area contributed by atoms with Gasteiger partial charge >= 0.3 is 0 Å². The minimum atomic E-state index is 0.135. The Hall–Kier alpha value is -0.120. The second-order valence-corrected chi connectivity index (χ2v) is 1.97. The van der Waals surface area contributed by atoms with Crippen LogP contribution in [-0.2, 0) is 0 Å². The van der Waals surface area contributed by atoms with E-state index in [-0.39, 0.29) is 19.3 Å². The Morgan fingerprint density at radius 1 is 1.44 bits per heavy atom. The van der Waals surface area contributed by atoms with Crippen LogP contribution in [0.4, 0.5) is 0 Å². The van der Waals surface area contributed by atoms with Crippen molar-refractivity contribution in [1.82, 2.24) is 5.32 Å². The van der Waals surface area contributed by atoms with Gasteiger partial charge in [0.25, 0.3) is 0 Å². The predicted octanol–water partition coefficient (Wildman–Crippen LogP) is -0.661. The van der Waals surface area contributed by atoms with Crippen molar-refractivity contribution in [2.24, 2.45) is 0 Å². The van der Waals surface area contributed by atoms with E-state index in [1.807, 2.05) is 6.92 Å². The van der Waals surface area contributed by atoms with Gasteiger partial charge in [0.1, 0.15) is 0 Å². The fraction of sp³-hybridized carbons (Fsp3) is 1.00. The Bertz CT molecular complexity index is 55.0. The molecule has 0 heterocycles. The predicted molar refractivity (Wildman–Crippen MR) is 36.3 cm³/mol. The number of rotatable bonds is 5. The summed E-state index contributed by atoms with van der Waals surface area (Å²) in [6.07, 6.45) is 0.899. The van der Waals surface area contributed by atoms with Gasteiger partial charge in [-0.2, -0.15) is 0 Å². The van der Waals surface area contributed by atoms with E-state index in [1.54, 1.807) is 0 Å². The molecule has 0 amide bonds. The SMILES string of the molecule is CC[C@H](CO)NCCO. The molecular weight excluding hydrogens is 118 g/mol.